The summed E-state index contributed by atoms with van der Waals surface area (Å²) in [6, 6.07) is 0.00332. The second kappa shape index (κ2) is 7.51. The molecule has 0 radical (unpaired) electrons. The van der Waals surface area contributed by atoms with E-state index in [-0.39, 0.29) is 11.9 Å². The van der Waals surface area contributed by atoms with E-state index in [4.69, 9.17) is 4.52 Å². The number of aromatic nitrogens is 4. The van der Waals surface area contributed by atoms with Gasteiger partial charge >= 0.3 is 0 Å². The Balaban J connectivity index is 1.32. The summed E-state index contributed by atoms with van der Waals surface area (Å²) < 4.78 is 5.33. The molecule has 1 saturated carbocycles. The van der Waals surface area contributed by atoms with E-state index in [1.54, 1.807) is 0 Å². The van der Waals surface area contributed by atoms with Gasteiger partial charge in [-0.3, -0.25) is 4.79 Å². The lowest BCUT2D eigenvalue weighted by molar-refractivity contribution is -0.122. The van der Waals surface area contributed by atoms with Crippen LogP contribution in [0.2, 0.25) is 0 Å². The Morgan fingerprint density at radius 3 is 2.92 bits per heavy atom. The molecule has 2 heterocycles. The van der Waals surface area contributed by atoms with Crippen molar-refractivity contribution >= 4 is 5.91 Å². The number of hydrogen-bond donors (Lipinski definition) is 1. The summed E-state index contributed by atoms with van der Waals surface area (Å²) in [4.78, 5) is 25.7. The summed E-state index contributed by atoms with van der Waals surface area (Å²) in [6.07, 6.45) is 10.4. The number of carbonyl (C=O) groups is 1. The Kier molecular flexibility index (Phi) is 4.95. The van der Waals surface area contributed by atoms with E-state index in [9.17, 15) is 4.79 Å². The highest BCUT2D eigenvalue weighted by molar-refractivity contribution is 5.76. The first-order chi connectivity index (χ1) is 12.7. The zero-order valence-electron chi connectivity index (χ0n) is 15.2. The Morgan fingerprint density at radius 2 is 2.08 bits per heavy atom. The molecule has 138 valence electrons. The second-order valence-corrected chi connectivity index (χ2v) is 7.36. The molecule has 2 aliphatic carbocycles. The molecule has 7 heteroatoms. The summed E-state index contributed by atoms with van der Waals surface area (Å²) >= 11 is 0. The molecule has 1 atom stereocenters. The minimum absolute atomic E-state index is 0.00332. The molecule has 0 bridgehead atoms. The fourth-order valence-electron chi connectivity index (χ4n) is 4.00. The summed E-state index contributed by atoms with van der Waals surface area (Å²) in [6.45, 7) is 1.90. The van der Waals surface area contributed by atoms with Crippen LogP contribution in [0.15, 0.2) is 10.7 Å². The van der Waals surface area contributed by atoms with Crippen LogP contribution in [-0.4, -0.2) is 26.0 Å². The largest absolute Gasteiger partial charge is 0.349 e. The van der Waals surface area contributed by atoms with Gasteiger partial charge in [0.1, 0.15) is 5.82 Å². The monoisotopic (exact) mass is 355 g/mol. The van der Waals surface area contributed by atoms with E-state index in [0.717, 1.165) is 55.0 Å². The fourth-order valence-corrected chi connectivity index (χ4v) is 4.00. The van der Waals surface area contributed by atoms with Crippen molar-refractivity contribution < 1.29 is 9.32 Å². The van der Waals surface area contributed by atoms with E-state index in [1.807, 2.05) is 13.1 Å². The molecule has 26 heavy (non-hydrogen) atoms. The van der Waals surface area contributed by atoms with Crippen LogP contribution < -0.4 is 5.32 Å². The first-order valence-corrected chi connectivity index (χ1v) is 9.63. The molecule has 2 aliphatic rings. The normalized spacial score (nSPS) is 20.1. The van der Waals surface area contributed by atoms with Crippen molar-refractivity contribution in [3.63, 3.8) is 0 Å². The number of hydrogen-bond acceptors (Lipinski definition) is 6. The van der Waals surface area contributed by atoms with Crippen LogP contribution in [0, 0.1) is 6.92 Å². The summed E-state index contributed by atoms with van der Waals surface area (Å²) in [7, 11) is 0. The van der Waals surface area contributed by atoms with Gasteiger partial charge in [0.05, 0.1) is 6.04 Å². The zero-order chi connectivity index (χ0) is 17.9. The third kappa shape index (κ3) is 3.76. The topological polar surface area (TPSA) is 93.8 Å². The number of fused-ring (bicyclic) bond motifs is 1. The van der Waals surface area contributed by atoms with Crippen molar-refractivity contribution in [2.75, 3.05) is 0 Å². The molecular weight excluding hydrogens is 330 g/mol. The van der Waals surface area contributed by atoms with Gasteiger partial charge in [-0.15, -0.1) is 0 Å². The predicted octanol–water partition coefficient (Wildman–Crippen LogP) is 2.95. The quantitative estimate of drug-likeness (QED) is 0.886. The van der Waals surface area contributed by atoms with Crippen molar-refractivity contribution in [1.29, 1.82) is 0 Å². The van der Waals surface area contributed by atoms with Crippen molar-refractivity contribution in [1.82, 2.24) is 25.4 Å². The summed E-state index contributed by atoms with van der Waals surface area (Å²) in [5.41, 5.74) is 2.11. The maximum atomic E-state index is 12.4. The van der Waals surface area contributed by atoms with Crippen LogP contribution in [0.25, 0.3) is 0 Å². The van der Waals surface area contributed by atoms with Crippen LogP contribution in [0.1, 0.15) is 85.7 Å². The third-order valence-corrected chi connectivity index (χ3v) is 5.41. The molecule has 7 nitrogen and oxygen atoms in total. The third-order valence-electron chi connectivity index (χ3n) is 5.41. The minimum Gasteiger partial charge on any atom is -0.349 e. The number of nitrogens with one attached hydrogen (secondary N) is 1. The maximum Gasteiger partial charge on any atom is 0.227 e. The van der Waals surface area contributed by atoms with E-state index in [0.29, 0.717) is 24.7 Å². The van der Waals surface area contributed by atoms with Crippen LogP contribution in [0.4, 0.5) is 0 Å². The average Bonchev–Trinajstić information content (AvgIpc) is 3.31. The molecule has 2 aromatic heterocycles. The Hall–Kier alpha value is -2.31. The van der Waals surface area contributed by atoms with E-state index >= 15 is 0 Å². The van der Waals surface area contributed by atoms with Gasteiger partial charge < -0.3 is 9.84 Å². The van der Waals surface area contributed by atoms with E-state index in [1.165, 1.54) is 12.8 Å². The van der Waals surface area contributed by atoms with Gasteiger partial charge in [-0.05, 0) is 39.0 Å². The number of amides is 1. The van der Waals surface area contributed by atoms with Gasteiger partial charge in [0.2, 0.25) is 11.8 Å². The molecule has 1 amide bonds. The summed E-state index contributed by atoms with van der Waals surface area (Å²) in [5, 5.41) is 7.21. The van der Waals surface area contributed by atoms with Crippen LogP contribution in [0.3, 0.4) is 0 Å². The van der Waals surface area contributed by atoms with Crippen molar-refractivity contribution in [2.24, 2.45) is 0 Å². The van der Waals surface area contributed by atoms with E-state index < -0.39 is 0 Å². The fraction of sp³-hybridized carbons (Fsp3) is 0.632. The Morgan fingerprint density at radius 1 is 1.23 bits per heavy atom. The molecule has 1 fully saturated rings. The highest BCUT2D eigenvalue weighted by Crippen LogP contribution is 2.32. The van der Waals surface area contributed by atoms with Crippen molar-refractivity contribution in [2.45, 2.75) is 76.7 Å². The maximum absolute atomic E-state index is 12.4. The average molecular weight is 355 g/mol. The highest BCUT2D eigenvalue weighted by atomic mass is 16.5. The standard InChI is InChI=1S/C19H25N5O2/c1-12-20-11-14-15(21-12)7-4-8-16(14)22-17(25)9-10-18-23-19(24-26-18)13-5-2-3-6-13/h11,13,16H,2-10H2,1H3,(H,22,25). The first-order valence-electron chi connectivity index (χ1n) is 9.63. The smallest absolute Gasteiger partial charge is 0.227 e. The van der Waals surface area contributed by atoms with Crippen LogP contribution >= 0.6 is 0 Å². The molecule has 2 aromatic rings. The minimum atomic E-state index is 0.00332. The number of nitrogens with zero attached hydrogens (tertiary/aromatic N) is 4. The lowest BCUT2D eigenvalue weighted by Gasteiger charge is -2.25. The van der Waals surface area contributed by atoms with Gasteiger partial charge in [-0.2, -0.15) is 4.98 Å². The Bertz CT molecular complexity index is 782. The molecule has 1 unspecified atom stereocenters. The van der Waals surface area contributed by atoms with Gasteiger partial charge in [-0.1, -0.05) is 18.0 Å². The Labute approximate surface area is 153 Å². The predicted molar refractivity (Wildman–Crippen MR) is 94.4 cm³/mol. The first kappa shape index (κ1) is 17.1. The van der Waals surface area contributed by atoms with Gasteiger partial charge in [0.25, 0.3) is 0 Å². The second-order valence-electron chi connectivity index (χ2n) is 7.36. The highest BCUT2D eigenvalue weighted by Gasteiger charge is 2.24. The van der Waals surface area contributed by atoms with E-state index in [2.05, 4.69) is 25.4 Å². The van der Waals surface area contributed by atoms with Crippen molar-refractivity contribution in [3.05, 3.63) is 35.0 Å². The van der Waals surface area contributed by atoms with Gasteiger partial charge in [0, 0.05) is 36.2 Å². The molecule has 1 N–H and O–H groups in total. The van der Waals surface area contributed by atoms with Crippen LogP contribution in [-0.2, 0) is 17.6 Å². The SMILES string of the molecule is Cc1ncc2c(n1)CCCC2NC(=O)CCc1nc(C2CCCC2)no1. The van der Waals surface area contributed by atoms with Crippen LogP contribution in [0.5, 0.6) is 0 Å². The van der Waals surface area contributed by atoms with Crippen molar-refractivity contribution in [3.8, 4) is 0 Å². The molecule has 0 aromatic carbocycles. The zero-order valence-corrected chi connectivity index (χ0v) is 15.2. The number of rotatable bonds is 5. The van der Waals surface area contributed by atoms with Gasteiger partial charge in [-0.25, -0.2) is 9.97 Å². The number of aryl methyl sites for hydroxylation is 3. The molecule has 4 rings (SSSR count). The molecule has 0 aliphatic heterocycles. The molecular formula is C19H25N5O2. The summed E-state index contributed by atoms with van der Waals surface area (Å²) in [5.74, 6) is 2.59. The molecule has 0 spiro atoms. The molecule has 0 saturated heterocycles. The lowest BCUT2D eigenvalue weighted by atomic mass is 9.92. The number of carbonyl (C=O) groups excluding carboxylic acids is 1. The van der Waals surface area contributed by atoms with Gasteiger partial charge in [0.15, 0.2) is 5.82 Å². The lowest BCUT2D eigenvalue weighted by Crippen LogP contribution is -2.31.